The number of carbonyl (C=O) groups excluding carboxylic acids is 1. The van der Waals surface area contributed by atoms with Crippen LogP contribution in [0.2, 0.25) is 0 Å². The third-order valence-electron chi connectivity index (χ3n) is 7.87. The molecule has 0 radical (unpaired) electrons. The minimum Gasteiger partial charge on any atom is -0.457 e. The number of hydrogen-bond donors (Lipinski definition) is 0. The van der Waals surface area contributed by atoms with E-state index in [2.05, 4.69) is 28.9 Å². The lowest BCUT2D eigenvalue weighted by Crippen LogP contribution is -2.48. The zero-order chi connectivity index (χ0) is 26.0. The van der Waals surface area contributed by atoms with Crippen LogP contribution in [0.25, 0.3) is 0 Å². The van der Waals surface area contributed by atoms with Gasteiger partial charge in [-0.25, -0.2) is 0 Å². The first kappa shape index (κ1) is 27.1. The average Bonchev–Trinajstić information content (AvgIpc) is 2.92. The van der Waals surface area contributed by atoms with E-state index in [-0.39, 0.29) is 5.69 Å². The van der Waals surface area contributed by atoms with Gasteiger partial charge in [0.15, 0.2) is 0 Å². The summed E-state index contributed by atoms with van der Waals surface area (Å²) in [5.41, 5.74) is 1.28. The molecule has 0 aromatic heterocycles. The van der Waals surface area contributed by atoms with Gasteiger partial charge in [0.05, 0.1) is 4.92 Å². The van der Waals surface area contributed by atoms with Gasteiger partial charge in [-0.1, -0.05) is 44.7 Å². The van der Waals surface area contributed by atoms with E-state index >= 15 is 0 Å². The van der Waals surface area contributed by atoms with Crippen molar-refractivity contribution in [3.63, 3.8) is 0 Å². The minimum absolute atomic E-state index is 0.0496. The maximum Gasteiger partial charge on any atom is 0.269 e. The Hall–Kier alpha value is -2.93. The van der Waals surface area contributed by atoms with E-state index in [0.717, 1.165) is 58.3 Å². The molecule has 7 heteroatoms. The number of hydrogen-bond acceptors (Lipinski definition) is 5. The summed E-state index contributed by atoms with van der Waals surface area (Å²) >= 11 is 0. The molecule has 0 spiro atoms. The van der Waals surface area contributed by atoms with Crippen LogP contribution in [-0.2, 0) is 11.3 Å². The first-order valence-corrected chi connectivity index (χ1v) is 14.0. The highest BCUT2D eigenvalue weighted by atomic mass is 16.6. The predicted octanol–water partition coefficient (Wildman–Crippen LogP) is 6.95. The fourth-order valence-electron chi connectivity index (χ4n) is 5.68. The smallest absolute Gasteiger partial charge is 0.269 e. The first-order chi connectivity index (χ1) is 18.0. The number of nitro benzene ring substituents is 1. The Labute approximate surface area is 220 Å². The lowest BCUT2D eigenvalue weighted by molar-refractivity contribution is -0.384. The van der Waals surface area contributed by atoms with E-state index in [1.165, 1.54) is 49.8 Å². The Morgan fingerprint density at radius 2 is 1.59 bits per heavy atom. The van der Waals surface area contributed by atoms with Crippen LogP contribution < -0.4 is 4.74 Å². The summed E-state index contributed by atoms with van der Waals surface area (Å²) in [6.45, 7) is 6.00. The Balaban J connectivity index is 1.26. The highest BCUT2D eigenvalue weighted by molar-refractivity contribution is 5.76. The van der Waals surface area contributed by atoms with E-state index < -0.39 is 4.92 Å². The van der Waals surface area contributed by atoms with Crippen LogP contribution in [-0.4, -0.2) is 46.3 Å². The van der Waals surface area contributed by atoms with Crippen LogP contribution in [0, 0.1) is 16.0 Å². The van der Waals surface area contributed by atoms with Crippen LogP contribution in [0.1, 0.15) is 76.7 Å². The molecule has 200 valence electrons. The number of rotatable bonds is 11. The van der Waals surface area contributed by atoms with E-state index in [1.807, 2.05) is 12.1 Å². The van der Waals surface area contributed by atoms with Gasteiger partial charge in [-0.05, 0) is 67.9 Å². The molecular weight excluding hydrogens is 466 g/mol. The third kappa shape index (κ3) is 8.03. The minimum atomic E-state index is -0.417. The van der Waals surface area contributed by atoms with Crippen molar-refractivity contribution in [1.82, 2.24) is 9.80 Å². The van der Waals surface area contributed by atoms with Gasteiger partial charge >= 0.3 is 0 Å². The molecular formula is C30H41N3O4. The standard InChI is InChI=1S/C30H41N3O4/c1-2-3-19-32(30(34)22-24-7-5-4-6-8-24)26-17-20-31(21-18-26)23-25-9-13-28(14-10-25)37-29-15-11-27(12-16-29)33(35)36/h9-16,24,26H,2-8,17-23H2,1H3. The van der Waals surface area contributed by atoms with Crippen molar-refractivity contribution in [2.24, 2.45) is 5.92 Å². The molecule has 2 aromatic rings. The van der Waals surface area contributed by atoms with Gasteiger partial charge in [-0.15, -0.1) is 0 Å². The van der Waals surface area contributed by atoms with Gasteiger partial charge in [0, 0.05) is 50.8 Å². The first-order valence-electron chi connectivity index (χ1n) is 14.0. The van der Waals surface area contributed by atoms with E-state index in [0.29, 0.717) is 29.4 Å². The van der Waals surface area contributed by atoms with Gasteiger partial charge in [-0.2, -0.15) is 0 Å². The van der Waals surface area contributed by atoms with Gasteiger partial charge in [-0.3, -0.25) is 19.8 Å². The number of likely N-dealkylation sites (tertiary alicyclic amines) is 1. The van der Waals surface area contributed by atoms with Crippen molar-refractivity contribution in [2.75, 3.05) is 19.6 Å². The SMILES string of the molecule is CCCCN(C(=O)CC1CCCCC1)C1CCN(Cc2ccc(Oc3ccc([N+](=O)[O-])cc3)cc2)CC1. The van der Waals surface area contributed by atoms with E-state index in [9.17, 15) is 14.9 Å². The summed E-state index contributed by atoms with van der Waals surface area (Å²) in [4.78, 5) is 28.4. The quantitative estimate of drug-likeness (QED) is 0.243. The summed E-state index contributed by atoms with van der Waals surface area (Å²) in [6, 6.07) is 14.5. The van der Waals surface area contributed by atoms with E-state index in [4.69, 9.17) is 4.74 Å². The molecule has 7 nitrogen and oxygen atoms in total. The Kier molecular flexibility index (Phi) is 9.94. The van der Waals surface area contributed by atoms with Crippen molar-refractivity contribution < 1.29 is 14.5 Å². The fraction of sp³-hybridized carbons (Fsp3) is 0.567. The molecule has 0 unspecified atom stereocenters. The molecule has 2 fully saturated rings. The highest BCUT2D eigenvalue weighted by Crippen LogP contribution is 2.29. The molecule has 0 N–H and O–H groups in total. The molecule has 1 aliphatic heterocycles. The summed E-state index contributed by atoms with van der Waals surface area (Å²) in [5.74, 6) is 2.27. The summed E-state index contributed by atoms with van der Waals surface area (Å²) in [7, 11) is 0. The molecule has 0 atom stereocenters. The van der Waals surface area contributed by atoms with Crippen LogP contribution in [0.3, 0.4) is 0 Å². The molecule has 4 rings (SSSR count). The van der Waals surface area contributed by atoms with Crippen LogP contribution in [0.15, 0.2) is 48.5 Å². The maximum absolute atomic E-state index is 13.3. The summed E-state index contributed by atoms with van der Waals surface area (Å²) < 4.78 is 5.83. The zero-order valence-corrected chi connectivity index (χ0v) is 22.1. The molecule has 1 amide bonds. The monoisotopic (exact) mass is 507 g/mol. The molecule has 1 aliphatic carbocycles. The van der Waals surface area contributed by atoms with Crippen molar-refractivity contribution in [2.45, 2.75) is 83.7 Å². The lowest BCUT2D eigenvalue weighted by Gasteiger charge is -2.39. The number of non-ortho nitro benzene ring substituents is 1. The molecule has 2 aliphatic rings. The number of amides is 1. The number of benzene rings is 2. The van der Waals surface area contributed by atoms with Crippen LogP contribution >= 0.6 is 0 Å². The third-order valence-corrected chi connectivity index (χ3v) is 7.87. The van der Waals surface area contributed by atoms with Crippen molar-refractivity contribution in [3.8, 4) is 11.5 Å². The topological polar surface area (TPSA) is 75.9 Å². The fourth-order valence-corrected chi connectivity index (χ4v) is 5.68. The van der Waals surface area contributed by atoms with Gasteiger partial charge in [0.25, 0.3) is 5.69 Å². The van der Waals surface area contributed by atoms with Crippen molar-refractivity contribution in [3.05, 3.63) is 64.2 Å². The number of carbonyl (C=O) groups is 1. The van der Waals surface area contributed by atoms with Gasteiger partial charge < -0.3 is 9.64 Å². The Morgan fingerprint density at radius 1 is 0.973 bits per heavy atom. The summed E-state index contributed by atoms with van der Waals surface area (Å²) in [6.07, 6.45) is 11.4. The normalized spacial score (nSPS) is 17.4. The number of ether oxygens (including phenoxy) is 1. The largest absolute Gasteiger partial charge is 0.457 e. The second kappa shape index (κ2) is 13.6. The second-order valence-corrected chi connectivity index (χ2v) is 10.7. The van der Waals surface area contributed by atoms with Crippen LogP contribution in [0.5, 0.6) is 11.5 Å². The molecule has 2 aromatic carbocycles. The molecule has 37 heavy (non-hydrogen) atoms. The zero-order valence-electron chi connectivity index (χ0n) is 22.1. The molecule has 1 saturated carbocycles. The van der Waals surface area contributed by atoms with Crippen LogP contribution in [0.4, 0.5) is 5.69 Å². The Bertz CT molecular complexity index is 994. The number of nitrogens with zero attached hydrogens (tertiary/aromatic N) is 3. The average molecular weight is 508 g/mol. The maximum atomic E-state index is 13.3. The number of unbranched alkanes of at least 4 members (excludes halogenated alkanes) is 1. The molecule has 1 saturated heterocycles. The van der Waals surface area contributed by atoms with Gasteiger partial charge in [0.2, 0.25) is 5.91 Å². The highest BCUT2D eigenvalue weighted by Gasteiger charge is 2.29. The molecule has 1 heterocycles. The number of piperidine rings is 1. The lowest BCUT2D eigenvalue weighted by atomic mass is 9.86. The second-order valence-electron chi connectivity index (χ2n) is 10.7. The van der Waals surface area contributed by atoms with E-state index in [1.54, 1.807) is 12.1 Å². The van der Waals surface area contributed by atoms with Crippen molar-refractivity contribution >= 4 is 11.6 Å². The van der Waals surface area contributed by atoms with Crippen molar-refractivity contribution in [1.29, 1.82) is 0 Å². The number of nitro groups is 1. The van der Waals surface area contributed by atoms with Gasteiger partial charge in [0.1, 0.15) is 11.5 Å². The Morgan fingerprint density at radius 3 is 2.19 bits per heavy atom. The predicted molar refractivity (Wildman–Crippen MR) is 146 cm³/mol. The summed E-state index contributed by atoms with van der Waals surface area (Å²) in [5, 5.41) is 10.8. The molecule has 0 bridgehead atoms.